The fourth-order valence-electron chi connectivity index (χ4n) is 5.56. The molecule has 176 valence electrons. The van der Waals surface area contributed by atoms with E-state index in [0.29, 0.717) is 23.9 Å². The van der Waals surface area contributed by atoms with Crippen LogP contribution >= 0.6 is 0 Å². The molecule has 2 aromatic carbocycles. The minimum atomic E-state index is -3.21. The number of hydrogen-bond acceptors (Lipinski definition) is 5. The average Bonchev–Trinajstić information content (AvgIpc) is 3.37. The van der Waals surface area contributed by atoms with Gasteiger partial charge >= 0.3 is 0 Å². The number of ether oxygens (including phenoxy) is 1. The first-order valence-electron chi connectivity index (χ1n) is 11.8. The number of fused-ring (bicyclic) bond motifs is 1. The number of rotatable bonds is 5. The molecule has 1 atom stereocenters. The normalized spacial score (nSPS) is 21.3. The van der Waals surface area contributed by atoms with Crippen LogP contribution in [0, 0.1) is 5.41 Å². The van der Waals surface area contributed by atoms with Gasteiger partial charge in [0, 0.05) is 38.2 Å². The zero-order valence-electron chi connectivity index (χ0n) is 19.4. The number of piperidine rings is 1. The molecule has 1 spiro atoms. The summed E-state index contributed by atoms with van der Waals surface area (Å²) in [4.78, 5) is 17.6. The van der Waals surface area contributed by atoms with E-state index >= 15 is 0 Å². The second kappa shape index (κ2) is 8.44. The van der Waals surface area contributed by atoms with E-state index in [1.165, 1.54) is 17.4 Å². The molecule has 0 saturated carbocycles. The van der Waals surface area contributed by atoms with Crippen LogP contribution in [0.25, 0.3) is 0 Å². The molecule has 3 aliphatic heterocycles. The molecular formula is C26H32N2O4S. The molecule has 33 heavy (non-hydrogen) atoms. The number of carbonyl (C=O) groups is 1. The molecule has 0 radical (unpaired) electrons. The highest BCUT2D eigenvalue weighted by molar-refractivity contribution is 7.90. The molecule has 5 rings (SSSR count). The molecular weight excluding hydrogens is 436 g/mol. The van der Waals surface area contributed by atoms with Crippen molar-refractivity contribution in [1.29, 1.82) is 0 Å². The number of nitrogens with zero attached hydrogens (tertiary/aromatic N) is 2. The average molecular weight is 469 g/mol. The van der Waals surface area contributed by atoms with E-state index < -0.39 is 9.84 Å². The molecule has 2 aromatic rings. The van der Waals surface area contributed by atoms with Gasteiger partial charge in [0.1, 0.15) is 5.75 Å². The Morgan fingerprint density at radius 2 is 1.82 bits per heavy atom. The van der Waals surface area contributed by atoms with Gasteiger partial charge in [-0.15, -0.1) is 0 Å². The lowest BCUT2D eigenvalue weighted by molar-refractivity contribution is -0.128. The van der Waals surface area contributed by atoms with Crippen LogP contribution in [-0.2, 0) is 27.6 Å². The number of carbonyl (C=O) groups excluding carboxylic acids is 1. The maximum atomic E-state index is 12.8. The van der Waals surface area contributed by atoms with Crippen molar-refractivity contribution in [2.75, 3.05) is 32.5 Å². The third kappa shape index (κ3) is 4.53. The minimum Gasteiger partial charge on any atom is -0.493 e. The molecule has 1 unspecified atom stereocenters. The Morgan fingerprint density at radius 1 is 1.09 bits per heavy atom. The van der Waals surface area contributed by atoms with E-state index in [1.54, 1.807) is 12.1 Å². The molecule has 7 heteroatoms. The molecule has 0 aromatic heterocycles. The fourth-order valence-corrected chi connectivity index (χ4v) is 6.19. The quantitative estimate of drug-likeness (QED) is 0.671. The van der Waals surface area contributed by atoms with Crippen LogP contribution in [0.1, 0.15) is 48.9 Å². The maximum absolute atomic E-state index is 12.8. The predicted molar refractivity (Wildman–Crippen MR) is 127 cm³/mol. The summed E-state index contributed by atoms with van der Waals surface area (Å²) in [6.07, 6.45) is 4.87. The van der Waals surface area contributed by atoms with Gasteiger partial charge in [0.15, 0.2) is 9.84 Å². The monoisotopic (exact) mass is 468 g/mol. The predicted octanol–water partition coefficient (Wildman–Crippen LogP) is 3.60. The van der Waals surface area contributed by atoms with E-state index in [9.17, 15) is 13.2 Å². The summed E-state index contributed by atoms with van der Waals surface area (Å²) < 4.78 is 29.1. The first-order chi connectivity index (χ1) is 15.7. The molecule has 1 amide bonds. The zero-order chi connectivity index (χ0) is 23.2. The van der Waals surface area contributed by atoms with Gasteiger partial charge in [0.2, 0.25) is 5.91 Å². The maximum Gasteiger partial charge on any atom is 0.223 e. The highest BCUT2D eigenvalue weighted by atomic mass is 32.2. The lowest BCUT2D eigenvalue weighted by atomic mass is 9.77. The summed E-state index contributed by atoms with van der Waals surface area (Å²) >= 11 is 0. The van der Waals surface area contributed by atoms with Crippen LogP contribution in [0.2, 0.25) is 0 Å². The Bertz CT molecular complexity index is 1150. The SMILES string of the molecule is CC(c1ccc2c(c1)OCC2)N1CCC2(CC1)CC(=O)N(Cc1ccc(S(C)(=O)=O)cc1)C2. The first kappa shape index (κ1) is 22.4. The van der Waals surface area contributed by atoms with Crippen molar-refractivity contribution in [2.24, 2.45) is 5.41 Å². The zero-order valence-corrected chi connectivity index (χ0v) is 20.2. The van der Waals surface area contributed by atoms with Gasteiger partial charge in [-0.05, 0) is 73.2 Å². The molecule has 3 heterocycles. The highest BCUT2D eigenvalue weighted by Gasteiger charge is 2.45. The lowest BCUT2D eigenvalue weighted by Crippen LogP contribution is -2.42. The van der Waals surface area contributed by atoms with Crippen molar-refractivity contribution in [3.05, 3.63) is 59.2 Å². The van der Waals surface area contributed by atoms with Gasteiger partial charge in [-0.2, -0.15) is 0 Å². The van der Waals surface area contributed by atoms with Gasteiger partial charge in [-0.25, -0.2) is 8.42 Å². The molecule has 6 nitrogen and oxygen atoms in total. The van der Waals surface area contributed by atoms with Crippen molar-refractivity contribution < 1.29 is 17.9 Å². The molecule has 2 fully saturated rings. The van der Waals surface area contributed by atoms with Crippen LogP contribution in [0.3, 0.4) is 0 Å². The molecule has 3 aliphatic rings. The van der Waals surface area contributed by atoms with E-state index in [4.69, 9.17) is 4.74 Å². The van der Waals surface area contributed by atoms with Crippen LogP contribution in [0.5, 0.6) is 5.75 Å². The number of hydrogen-bond donors (Lipinski definition) is 0. The van der Waals surface area contributed by atoms with Crippen LogP contribution < -0.4 is 4.74 Å². The minimum absolute atomic E-state index is 0.0566. The van der Waals surface area contributed by atoms with Crippen LogP contribution in [0.15, 0.2) is 47.4 Å². The largest absolute Gasteiger partial charge is 0.493 e. The smallest absolute Gasteiger partial charge is 0.223 e. The van der Waals surface area contributed by atoms with Crippen LogP contribution in [0.4, 0.5) is 0 Å². The van der Waals surface area contributed by atoms with E-state index in [0.717, 1.165) is 56.8 Å². The Balaban J connectivity index is 1.20. The van der Waals surface area contributed by atoms with Gasteiger partial charge in [0.05, 0.1) is 11.5 Å². The van der Waals surface area contributed by atoms with Crippen molar-refractivity contribution >= 4 is 15.7 Å². The van der Waals surface area contributed by atoms with Crippen molar-refractivity contribution in [3.8, 4) is 5.75 Å². The molecule has 2 saturated heterocycles. The van der Waals surface area contributed by atoms with E-state index in [1.807, 2.05) is 17.0 Å². The second-order valence-electron chi connectivity index (χ2n) is 10.0. The number of benzene rings is 2. The van der Waals surface area contributed by atoms with E-state index in [2.05, 4.69) is 30.0 Å². The third-order valence-electron chi connectivity index (χ3n) is 7.74. The van der Waals surface area contributed by atoms with Gasteiger partial charge in [0.25, 0.3) is 0 Å². The number of likely N-dealkylation sites (tertiary alicyclic amines) is 2. The Morgan fingerprint density at radius 3 is 2.52 bits per heavy atom. The van der Waals surface area contributed by atoms with Crippen molar-refractivity contribution in [1.82, 2.24) is 9.80 Å². The molecule has 0 N–H and O–H groups in total. The third-order valence-corrected chi connectivity index (χ3v) is 8.87. The highest BCUT2D eigenvalue weighted by Crippen LogP contribution is 2.43. The van der Waals surface area contributed by atoms with Gasteiger partial charge in [-0.3, -0.25) is 9.69 Å². The Labute approximate surface area is 196 Å². The summed E-state index contributed by atoms with van der Waals surface area (Å²) in [5.41, 5.74) is 3.63. The van der Waals surface area contributed by atoms with Crippen molar-refractivity contribution in [3.63, 3.8) is 0 Å². The van der Waals surface area contributed by atoms with E-state index in [-0.39, 0.29) is 11.3 Å². The number of amides is 1. The summed E-state index contributed by atoms with van der Waals surface area (Å²) in [6, 6.07) is 13.9. The molecule has 0 aliphatic carbocycles. The summed E-state index contributed by atoms with van der Waals surface area (Å²) in [5, 5.41) is 0. The summed E-state index contributed by atoms with van der Waals surface area (Å²) in [6.45, 7) is 6.35. The number of sulfone groups is 1. The fraction of sp³-hybridized carbons (Fsp3) is 0.500. The first-order valence-corrected chi connectivity index (χ1v) is 13.7. The molecule has 0 bridgehead atoms. The Kier molecular flexibility index (Phi) is 5.73. The van der Waals surface area contributed by atoms with Crippen LogP contribution in [-0.4, -0.2) is 56.6 Å². The summed E-state index contributed by atoms with van der Waals surface area (Å²) in [7, 11) is -3.21. The van der Waals surface area contributed by atoms with Crippen molar-refractivity contribution in [2.45, 2.75) is 50.1 Å². The second-order valence-corrected chi connectivity index (χ2v) is 12.0. The van der Waals surface area contributed by atoms with Gasteiger partial charge < -0.3 is 9.64 Å². The standard InChI is InChI=1S/C26H32N2O4S/c1-19(22-6-5-21-9-14-32-24(21)15-22)27-12-10-26(11-13-27)16-25(29)28(18-26)17-20-3-7-23(8-4-20)33(2,30)31/h3-8,15,19H,9-14,16-18H2,1-2H3. The Hall–Kier alpha value is -2.38. The summed E-state index contributed by atoms with van der Waals surface area (Å²) in [5.74, 6) is 1.24. The lowest BCUT2D eigenvalue weighted by Gasteiger charge is -2.41. The van der Waals surface area contributed by atoms with Gasteiger partial charge in [-0.1, -0.05) is 24.3 Å². The topological polar surface area (TPSA) is 66.9 Å².